The van der Waals surface area contributed by atoms with Crippen molar-refractivity contribution in [1.29, 1.82) is 0 Å². The lowest BCUT2D eigenvalue weighted by Gasteiger charge is -2.16. The van der Waals surface area contributed by atoms with Gasteiger partial charge in [0.2, 0.25) is 0 Å². The molecule has 0 saturated carbocycles. The first kappa shape index (κ1) is 18.6. The van der Waals surface area contributed by atoms with Crippen LogP contribution in [0.1, 0.15) is 43.7 Å². The predicted molar refractivity (Wildman–Crippen MR) is 94.5 cm³/mol. The number of benzene rings is 1. The summed E-state index contributed by atoms with van der Waals surface area (Å²) in [5.41, 5.74) is 2.76. The number of anilines is 1. The van der Waals surface area contributed by atoms with Crippen LogP contribution >= 0.6 is 11.8 Å². The van der Waals surface area contributed by atoms with Crippen molar-refractivity contribution in [2.45, 2.75) is 39.5 Å². The van der Waals surface area contributed by atoms with Crippen LogP contribution in [0.4, 0.5) is 5.69 Å². The highest BCUT2D eigenvalue weighted by Crippen LogP contribution is 2.27. The van der Waals surface area contributed by atoms with Crippen LogP contribution in [0, 0.1) is 6.92 Å². The van der Waals surface area contributed by atoms with Crippen LogP contribution in [0.2, 0.25) is 0 Å². The molecule has 0 fully saturated rings. The van der Waals surface area contributed by atoms with E-state index in [0.29, 0.717) is 6.54 Å². The zero-order valence-corrected chi connectivity index (χ0v) is 14.7. The lowest BCUT2D eigenvalue weighted by atomic mass is 9.98. The Labute approximate surface area is 137 Å². The summed E-state index contributed by atoms with van der Waals surface area (Å²) >= 11 is 1.78. The van der Waals surface area contributed by atoms with Gasteiger partial charge in [0.25, 0.3) is 0 Å². The lowest BCUT2D eigenvalue weighted by molar-refractivity contribution is -0.136. The zero-order chi connectivity index (χ0) is 16.5. The molecule has 0 bridgehead atoms. The van der Waals surface area contributed by atoms with E-state index in [1.807, 2.05) is 25.1 Å². The number of carbonyl (C=O) groups is 2. The summed E-state index contributed by atoms with van der Waals surface area (Å²) < 4.78 is 0. The third-order valence-electron chi connectivity index (χ3n) is 3.43. The minimum atomic E-state index is -0.596. The second-order valence-electron chi connectivity index (χ2n) is 5.60. The Hall–Kier alpha value is -1.49. The highest BCUT2D eigenvalue weighted by atomic mass is 32.2. The number of aryl methyl sites for hydroxylation is 1. The maximum atomic E-state index is 12.0. The lowest BCUT2D eigenvalue weighted by Crippen LogP contribution is -2.36. The molecule has 22 heavy (non-hydrogen) atoms. The van der Waals surface area contributed by atoms with Crippen molar-refractivity contribution >= 4 is 29.3 Å². The first-order valence-corrected chi connectivity index (χ1v) is 9.04. The van der Waals surface area contributed by atoms with Gasteiger partial charge in [0.05, 0.1) is 0 Å². The Morgan fingerprint density at radius 2 is 1.91 bits per heavy atom. The molecule has 0 aliphatic heterocycles. The van der Waals surface area contributed by atoms with Crippen molar-refractivity contribution in [2.24, 2.45) is 0 Å². The highest BCUT2D eigenvalue weighted by molar-refractivity contribution is 7.98. The molecule has 0 radical (unpaired) electrons. The second-order valence-corrected chi connectivity index (χ2v) is 6.59. The molecule has 1 rings (SSSR count). The van der Waals surface area contributed by atoms with Gasteiger partial charge in [0, 0.05) is 12.2 Å². The van der Waals surface area contributed by atoms with Crippen molar-refractivity contribution in [3.63, 3.8) is 0 Å². The molecule has 122 valence electrons. The predicted octanol–water partition coefficient (Wildman–Crippen LogP) is 3.32. The van der Waals surface area contributed by atoms with Gasteiger partial charge in [0.1, 0.15) is 0 Å². The smallest absolute Gasteiger partial charge is 0.313 e. The van der Waals surface area contributed by atoms with Gasteiger partial charge in [-0.05, 0) is 48.8 Å². The van der Waals surface area contributed by atoms with Crippen LogP contribution in [0.3, 0.4) is 0 Å². The Bertz CT molecular complexity index is 515. The van der Waals surface area contributed by atoms with Gasteiger partial charge in [-0.1, -0.05) is 32.0 Å². The van der Waals surface area contributed by atoms with Crippen LogP contribution in [-0.4, -0.2) is 30.4 Å². The Morgan fingerprint density at radius 3 is 2.55 bits per heavy atom. The number of hydrogen-bond acceptors (Lipinski definition) is 3. The number of nitrogens with one attached hydrogen (secondary N) is 2. The number of unbranched alkanes of at least 4 members (excludes halogenated alkanes) is 1. The molecule has 0 unspecified atom stereocenters. The summed E-state index contributed by atoms with van der Waals surface area (Å²) in [6, 6.07) is 5.88. The average Bonchev–Trinajstić information content (AvgIpc) is 2.48. The van der Waals surface area contributed by atoms with Crippen molar-refractivity contribution in [3.8, 4) is 0 Å². The van der Waals surface area contributed by atoms with Gasteiger partial charge in [-0.3, -0.25) is 9.59 Å². The SMILES string of the molecule is CSCCCCNC(=O)C(=O)Nc1c(C)cccc1C(C)C. The molecule has 5 heteroatoms. The van der Waals surface area contributed by atoms with Gasteiger partial charge in [-0.25, -0.2) is 0 Å². The molecule has 0 saturated heterocycles. The van der Waals surface area contributed by atoms with Crippen LogP contribution in [0.15, 0.2) is 18.2 Å². The maximum Gasteiger partial charge on any atom is 0.313 e. The van der Waals surface area contributed by atoms with Gasteiger partial charge in [-0.15, -0.1) is 0 Å². The molecular formula is C17H26N2O2S. The number of thioether (sulfide) groups is 1. The van der Waals surface area contributed by atoms with E-state index in [1.54, 1.807) is 11.8 Å². The minimum absolute atomic E-state index is 0.282. The normalized spacial score (nSPS) is 10.6. The molecular weight excluding hydrogens is 296 g/mol. The van der Waals surface area contributed by atoms with E-state index in [4.69, 9.17) is 0 Å². The molecule has 0 atom stereocenters. The van der Waals surface area contributed by atoms with Gasteiger partial charge >= 0.3 is 11.8 Å². The third kappa shape index (κ3) is 5.72. The average molecular weight is 322 g/mol. The fourth-order valence-electron chi connectivity index (χ4n) is 2.17. The summed E-state index contributed by atoms with van der Waals surface area (Å²) in [4.78, 5) is 23.9. The fraction of sp³-hybridized carbons (Fsp3) is 0.529. The Morgan fingerprint density at radius 1 is 1.18 bits per heavy atom. The van der Waals surface area contributed by atoms with E-state index < -0.39 is 11.8 Å². The van der Waals surface area contributed by atoms with Gasteiger partial charge < -0.3 is 10.6 Å². The third-order valence-corrected chi connectivity index (χ3v) is 4.13. The van der Waals surface area contributed by atoms with E-state index in [2.05, 4.69) is 30.7 Å². The number of amides is 2. The van der Waals surface area contributed by atoms with Crippen LogP contribution in [0.5, 0.6) is 0 Å². The molecule has 4 nitrogen and oxygen atoms in total. The van der Waals surface area contributed by atoms with Crippen LogP contribution in [0.25, 0.3) is 0 Å². The van der Waals surface area contributed by atoms with Crippen LogP contribution < -0.4 is 10.6 Å². The molecule has 0 aromatic heterocycles. The van der Waals surface area contributed by atoms with E-state index in [0.717, 1.165) is 35.4 Å². The molecule has 2 amide bonds. The zero-order valence-electron chi connectivity index (χ0n) is 13.9. The summed E-state index contributed by atoms with van der Waals surface area (Å²) in [5, 5.41) is 5.43. The van der Waals surface area contributed by atoms with Gasteiger partial charge in [0.15, 0.2) is 0 Å². The van der Waals surface area contributed by atoms with Crippen LogP contribution in [-0.2, 0) is 9.59 Å². The largest absolute Gasteiger partial charge is 0.348 e. The number of carbonyl (C=O) groups excluding carboxylic acids is 2. The summed E-state index contributed by atoms with van der Waals surface area (Å²) in [7, 11) is 0. The quantitative estimate of drug-likeness (QED) is 0.598. The molecule has 2 N–H and O–H groups in total. The van der Waals surface area contributed by atoms with Crippen molar-refractivity contribution in [2.75, 3.05) is 23.9 Å². The number of para-hydroxylation sites is 1. The molecule has 0 heterocycles. The molecule has 0 aliphatic carbocycles. The molecule has 0 aliphatic rings. The van der Waals surface area contributed by atoms with E-state index in [1.165, 1.54) is 0 Å². The highest BCUT2D eigenvalue weighted by Gasteiger charge is 2.17. The standard InChI is InChI=1S/C17H26N2O2S/c1-12(2)14-9-7-8-13(3)15(14)19-17(21)16(20)18-10-5-6-11-22-4/h7-9,12H,5-6,10-11H2,1-4H3,(H,18,20)(H,19,21). The summed E-state index contributed by atoms with van der Waals surface area (Å²) in [5.74, 6) is 0.191. The molecule has 1 aromatic rings. The van der Waals surface area contributed by atoms with E-state index in [-0.39, 0.29) is 5.92 Å². The Balaban J connectivity index is 2.59. The summed E-state index contributed by atoms with van der Waals surface area (Å²) in [6.07, 6.45) is 3.99. The monoisotopic (exact) mass is 322 g/mol. The topological polar surface area (TPSA) is 58.2 Å². The molecule has 0 spiro atoms. The Kier molecular flexibility index (Phi) is 8.02. The minimum Gasteiger partial charge on any atom is -0.348 e. The summed E-state index contributed by atoms with van der Waals surface area (Å²) in [6.45, 7) is 6.60. The van der Waals surface area contributed by atoms with Gasteiger partial charge in [-0.2, -0.15) is 11.8 Å². The number of hydrogen-bond donors (Lipinski definition) is 2. The van der Waals surface area contributed by atoms with Crippen molar-refractivity contribution in [1.82, 2.24) is 5.32 Å². The van der Waals surface area contributed by atoms with Crippen molar-refractivity contribution in [3.05, 3.63) is 29.3 Å². The van der Waals surface area contributed by atoms with Crippen molar-refractivity contribution < 1.29 is 9.59 Å². The maximum absolute atomic E-state index is 12.0. The molecule has 1 aromatic carbocycles. The fourth-order valence-corrected chi connectivity index (χ4v) is 2.66. The van der Waals surface area contributed by atoms with E-state index in [9.17, 15) is 9.59 Å². The first-order chi connectivity index (χ1) is 10.5. The second kappa shape index (κ2) is 9.51. The first-order valence-electron chi connectivity index (χ1n) is 7.65. The van der Waals surface area contributed by atoms with E-state index >= 15 is 0 Å². The number of rotatable bonds is 7.